The molecule has 4 nitrogen and oxygen atoms in total. The molecule has 4 heteroatoms. The van der Waals surface area contributed by atoms with Gasteiger partial charge in [0.25, 0.3) is 0 Å². The first-order chi connectivity index (χ1) is 13.0. The molecule has 0 radical (unpaired) electrons. The molecule has 5 aliphatic rings. The van der Waals surface area contributed by atoms with E-state index in [0.717, 1.165) is 32.1 Å². The van der Waals surface area contributed by atoms with Crippen LogP contribution in [0.5, 0.6) is 0 Å². The van der Waals surface area contributed by atoms with Gasteiger partial charge in [-0.15, -0.1) is 0 Å². The third-order valence-corrected chi connectivity index (χ3v) is 10.2. The van der Waals surface area contributed by atoms with Crippen molar-refractivity contribution in [3.05, 3.63) is 0 Å². The number of ether oxygens (including phenoxy) is 2. The number of rotatable bonds is 1. The number of hydrogen-bond acceptors (Lipinski definition) is 4. The fraction of sp³-hybridized carbons (Fsp3) is 0.958. The van der Waals surface area contributed by atoms with Crippen LogP contribution in [0.4, 0.5) is 0 Å². The van der Waals surface area contributed by atoms with Crippen LogP contribution in [0, 0.1) is 34.5 Å². The molecule has 0 bridgehead atoms. The molecule has 0 aromatic carbocycles. The van der Waals surface area contributed by atoms with E-state index in [1.54, 1.807) is 6.92 Å². The van der Waals surface area contributed by atoms with Gasteiger partial charge in [0.1, 0.15) is 0 Å². The quantitative estimate of drug-likeness (QED) is 0.717. The van der Waals surface area contributed by atoms with Crippen molar-refractivity contribution < 1.29 is 19.4 Å². The summed E-state index contributed by atoms with van der Waals surface area (Å²) in [6.45, 7) is 10.5. The Bertz CT molecular complexity index is 688. The molecule has 5 rings (SSSR count). The van der Waals surface area contributed by atoms with Gasteiger partial charge in [0.2, 0.25) is 0 Å². The van der Waals surface area contributed by atoms with Crippen LogP contribution in [-0.4, -0.2) is 34.5 Å². The second-order valence-electron chi connectivity index (χ2n) is 11.7. The molecule has 0 amide bonds. The molecule has 1 heterocycles. The van der Waals surface area contributed by atoms with Gasteiger partial charge in [-0.2, -0.15) is 0 Å². The van der Waals surface area contributed by atoms with Gasteiger partial charge in [-0.1, -0.05) is 13.8 Å². The van der Waals surface area contributed by atoms with E-state index in [2.05, 4.69) is 13.8 Å². The lowest BCUT2D eigenvalue weighted by atomic mass is 9.44. The topological polar surface area (TPSA) is 55.8 Å². The molecular weight excluding hydrogens is 352 g/mol. The molecule has 0 spiro atoms. The van der Waals surface area contributed by atoms with Crippen molar-refractivity contribution in [3.8, 4) is 0 Å². The number of carbonyl (C=O) groups is 1. The second kappa shape index (κ2) is 5.82. The van der Waals surface area contributed by atoms with Gasteiger partial charge < -0.3 is 14.6 Å². The first kappa shape index (κ1) is 19.5. The minimum Gasteiger partial charge on any atom is -0.393 e. The molecular formula is C24H38O4. The van der Waals surface area contributed by atoms with Crippen LogP contribution in [-0.2, 0) is 14.3 Å². The Morgan fingerprint density at radius 2 is 1.71 bits per heavy atom. The van der Waals surface area contributed by atoms with Gasteiger partial charge in [-0.3, -0.25) is 4.79 Å². The molecule has 4 aliphatic carbocycles. The highest BCUT2D eigenvalue weighted by molar-refractivity contribution is 5.88. The summed E-state index contributed by atoms with van der Waals surface area (Å²) in [6.07, 6.45) is 8.57. The first-order valence-electron chi connectivity index (χ1n) is 11.6. The van der Waals surface area contributed by atoms with Crippen molar-refractivity contribution in [3.63, 3.8) is 0 Å². The van der Waals surface area contributed by atoms with E-state index in [9.17, 15) is 9.90 Å². The minimum absolute atomic E-state index is 0.0978. The van der Waals surface area contributed by atoms with Crippen molar-refractivity contribution in [1.82, 2.24) is 0 Å². The van der Waals surface area contributed by atoms with Gasteiger partial charge in [0.15, 0.2) is 17.2 Å². The molecule has 4 saturated carbocycles. The van der Waals surface area contributed by atoms with Crippen molar-refractivity contribution in [2.24, 2.45) is 34.5 Å². The second-order valence-corrected chi connectivity index (χ2v) is 11.7. The maximum absolute atomic E-state index is 13.1. The van der Waals surface area contributed by atoms with Gasteiger partial charge in [0, 0.05) is 5.41 Å². The summed E-state index contributed by atoms with van der Waals surface area (Å²) in [5, 5.41) is 10.2. The minimum atomic E-state index is -0.771. The van der Waals surface area contributed by atoms with E-state index in [1.165, 1.54) is 19.3 Å². The summed E-state index contributed by atoms with van der Waals surface area (Å²) in [5.41, 5.74) is -0.548. The highest BCUT2D eigenvalue weighted by Crippen LogP contribution is 2.71. The van der Waals surface area contributed by atoms with Crippen LogP contribution in [0.25, 0.3) is 0 Å². The Hall–Kier alpha value is -0.450. The summed E-state index contributed by atoms with van der Waals surface area (Å²) in [4.78, 5) is 13.1. The average molecular weight is 391 g/mol. The molecule has 5 fully saturated rings. The summed E-state index contributed by atoms with van der Waals surface area (Å²) in [5.74, 6) is 2.02. The van der Waals surface area contributed by atoms with Crippen molar-refractivity contribution in [2.45, 2.75) is 110 Å². The zero-order valence-corrected chi connectivity index (χ0v) is 18.3. The lowest BCUT2D eigenvalue weighted by Gasteiger charge is -2.61. The van der Waals surface area contributed by atoms with Gasteiger partial charge in [-0.05, 0) is 101 Å². The molecule has 1 aliphatic heterocycles. The zero-order valence-electron chi connectivity index (χ0n) is 18.3. The lowest BCUT2D eigenvalue weighted by molar-refractivity contribution is -0.219. The summed E-state index contributed by atoms with van der Waals surface area (Å²) in [7, 11) is 0. The third kappa shape index (κ3) is 2.26. The number of fused-ring (bicyclic) bond motifs is 7. The number of aliphatic hydroxyl groups is 1. The SMILES string of the molecule is CC(=O)[C@@]12OC(C)(C)O[C@@H]1C[C@@H]1[C@@H]3CC[C@H]4C[C@H](O)CC[C@]4(C)[C@@H]3CC[C@@]12C. The van der Waals surface area contributed by atoms with Crippen LogP contribution in [0.3, 0.4) is 0 Å². The monoisotopic (exact) mass is 390 g/mol. The van der Waals surface area contributed by atoms with Gasteiger partial charge in [0.05, 0.1) is 12.2 Å². The van der Waals surface area contributed by atoms with E-state index in [0.29, 0.717) is 29.1 Å². The molecule has 9 atom stereocenters. The number of ketones is 1. The average Bonchev–Trinajstić information content (AvgIpc) is 3.02. The van der Waals surface area contributed by atoms with E-state index in [4.69, 9.17) is 9.47 Å². The standard InChI is InChI=1S/C24H38O4/c1-14(25)24-20(27-21(2,3)28-24)13-19-17-7-6-15-12-16(26)8-10-22(15,4)18(17)9-11-23(19,24)5/h15-20,26H,6-13H2,1-5H3/t15-,16+,17+,18+,19+,20+,22-,23-,24+/m0/s1. The van der Waals surface area contributed by atoms with Gasteiger partial charge in [-0.25, -0.2) is 0 Å². The van der Waals surface area contributed by atoms with Crippen molar-refractivity contribution >= 4 is 5.78 Å². The van der Waals surface area contributed by atoms with Crippen LogP contribution < -0.4 is 0 Å². The van der Waals surface area contributed by atoms with Crippen LogP contribution in [0.15, 0.2) is 0 Å². The molecule has 1 saturated heterocycles. The fourth-order valence-electron chi connectivity index (χ4n) is 8.98. The smallest absolute Gasteiger partial charge is 0.164 e. The van der Waals surface area contributed by atoms with Crippen LogP contribution >= 0.6 is 0 Å². The fourth-order valence-corrected chi connectivity index (χ4v) is 8.98. The third-order valence-electron chi connectivity index (χ3n) is 10.2. The Labute approximate surface area is 169 Å². The maximum atomic E-state index is 13.1. The molecule has 1 N–H and O–H groups in total. The Kier molecular flexibility index (Phi) is 4.06. The lowest BCUT2D eigenvalue weighted by Crippen LogP contribution is -2.60. The Balaban J connectivity index is 1.50. The van der Waals surface area contributed by atoms with Crippen LogP contribution in [0.2, 0.25) is 0 Å². The number of Topliss-reactive ketones (excluding diaryl/α,β-unsaturated/α-hetero) is 1. The molecule has 0 aromatic rings. The highest BCUT2D eigenvalue weighted by Gasteiger charge is 2.75. The van der Waals surface area contributed by atoms with Crippen molar-refractivity contribution in [1.29, 1.82) is 0 Å². The molecule has 0 aromatic heterocycles. The van der Waals surface area contributed by atoms with Crippen molar-refractivity contribution in [2.75, 3.05) is 0 Å². The number of hydrogen-bond donors (Lipinski definition) is 1. The summed E-state index contributed by atoms with van der Waals surface area (Å²) in [6, 6.07) is 0. The zero-order chi connectivity index (χ0) is 20.1. The number of carbonyl (C=O) groups excluding carboxylic acids is 1. The summed E-state index contributed by atoms with van der Waals surface area (Å²) < 4.78 is 12.9. The molecule has 158 valence electrons. The Morgan fingerprint density at radius 3 is 2.43 bits per heavy atom. The highest BCUT2D eigenvalue weighted by atomic mass is 16.8. The Morgan fingerprint density at radius 1 is 0.964 bits per heavy atom. The van der Waals surface area contributed by atoms with Gasteiger partial charge >= 0.3 is 0 Å². The normalized spacial score (nSPS) is 57.1. The maximum Gasteiger partial charge on any atom is 0.164 e. The van der Waals surface area contributed by atoms with E-state index >= 15 is 0 Å². The molecule has 0 unspecified atom stereocenters. The van der Waals surface area contributed by atoms with E-state index in [1.807, 2.05) is 13.8 Å². The predicted molar refractivity (Wildman–Crippen MR) is 107 cm³/mol. The predicted octanol–water partition coefficient (Wildman–Crippen LogP) is 4.48. The number of aliphatic hydroxyl groups excluding tert-OH is 1. The molecule has 28 heavy (non-hydrogen) atoms. The first-order valence-corrected chi connectivity index (χ1v) is 11.6. The largest absolute Gasteiger partial charge is 0.393 e. The summed E-state index contributed by atoms with van der Waals surface area (Å²) >= 11 is 0. The van der Waals surface area contributed by atoms with Crippen LogP contribution in [0.1, 0.15) is 86.0 Å². The van der Waals surface area contributed by atoms with E-state index < -0.39 is 11.4 Å². The van der Waals surface area contributed by atoms with E-state index in [-0.39, 0.29) is 23.4 Å².